The Bertz CT molecular complexity index is 5890. The van der Waals surface area contributed by atoms with Crippen LogP contribution in [-0.4, -0.2) is 72.1 Å². The van der Waals surface area contributed by atoms with E-state index in [1.807, 2.05) is 109 Å². The largest absolute Gasteiger partial charge is 0.497 e. The molecule has 0 radical (unpaired) electrons. The van der Waals surface area contributed by atoms with Crippen LogP contribution in [0.4, 0.5) is 0 Å². The van der Waals surface area contributed by atoms with Gasteiger partial charge in [0.25, 0.3) is 0 Å². The van der Waals surface area contributed by atoms with Gasteiger partial charge in [-0.15, -0.1) is 0 Å². The molecule has 0 spiro atoms. The second-order valence-electron chi connectivity index (χ2n) is 32.3. The van der Waals surface area contributed by atoms with Crippen LogP contribution in [0, 0.1) is 23.7 Å². The Hall–Kier alpha value is -14.9. The molecule has 0 aliphatic rings. The van der Waals surface area contributed by atoms with E-state index in [4.69, 9.17) is 42.6 Å². The maximum atomic E-state index is 5.75. The Kier molecular flexibility index (Phi) is 24.9. The summed E-state index contributed by atoms with van der Waals surface area (Å²) in [4.78, 5) is 0. The van der Waals surface area contributed by atoms with E-state index in [2.05, 4.69) is 322 Å². The van der Waals surface area contributed by atoms with Crippen LogP contribution < -0.4 is 47.8 Å². The first kappa shape index (κ1) is 84.7. The molecule has 10 heteroatoms. The molecule has 0 aliphatic heterocycles. The molecule has 0 fully saturated rings. The molecule has 0 saturated carbocycles. The maximum absolute atomic E-state index is 5.75. The van der Waals surface area contributed by atoms with Crippen molar-refractivity contribution in [3.63, 3.8) is 0 Å². The average molecular weight is 1670 g/mol. The number of rotatable bonds is 27. The lowest BCUT2D eigenvalue weighted by Gasteiger charge is -2.37. The van der Waals surface area contributed by atoms with E-state index in [0.29, 0.717) is 0 Å². The van der Waals surface area contributed by atoms with Crippen molar-refractivity contribution in [2.45, 2.75) is 41.3 Å². The fraction of sp³-hybridized carbons (Fsp3) is 0.138. The van der Waals surface area contributed by atoms with Gasteiger partial charge in [0.1, 0.15) is 51.7 Å². The van der Waals surface area contributed by atoms with E-state index in [9.17, 15) is 0 Å². The molecule has 0 bridgehead atoms. The molecule has 0 heterocycles. The Labute approximate surface area is 742 Å². The quantitative estimate of drug-likeness (QED) is 0.0284. The van der Waals surface area contributed by atoms with Crippen molar-refractivity contribution in [1.29, 1.82) is 0 Å². The van der Waals surface area contributed by atoms with Gasteiger partial charge in [-0.2, -0.15) is 0 Å². The highest BCUT2D eigenvalue weighted by Gasteiger charge is 2.44. The smallest absolute Gasteiger partial charge is 0.118 e. The van der Waals surface area contributed by atoms with Gasteiger partial charge in [0.15, 0.2) is 0 Å². The zero-order valence-electron chi connectivity index (χ0n) is 73.1. The van der Waals surface area contributed by atoms with Gasteiger partial charge in [-0.1, -0.05) is 279 Å². The van der Waals surface area contributed by atoms with Crippen molar-refractivity contribution in [2.24, 2.45) is 0 Å². The first-order valence-corrected chi connectivity index (χ1v) is 45.7. The second-order valence-corrected chi connectivity index (χ2v) is 37.4. The van der Waals surface area contributed by atoms with E-state index < -0.39 is 29.7 Å². The summed E-state index contributed by atoms with van der Waals surface area (Å²) in [5.41, 5.74) is 19.6. The van der Waals surface area contributed by atoms with Gasteiger partial charge in [-0.3, -0.25) is 0 Å². The molecule has 16 aromatic carbocycles. The van der Waals surface area contributed by atoms with Crippen LogP contribution in [0.25, 0.3) is 11.1 Å². The van der Waals surface area contributed by atoms with E-state index in [1.165, 1.54) is 5.19 Å². The van der Waals surface area contributed by atoms with E-state index >= 15 is 0 Å². The molecule has 9 nitrogen and oxygen atoms in total. The van der Waals surface area contributed by atoms with Gasteiger partial charge in [0.05, 0.1) is 93.7 Å². The topological polar surface area (TPSA) is 83.1 Å². The first-order valence-electron chi connectivity index (χ1n) is 42.2. The molecule has 622 valence electrons. The van der Waals surface area contributed by atoms with Crippen molar-refractivity contribution in [3.8, 4) is 86.6 Å². The van der Waals surface area contributed by atoms with Gasteiger partial charge in [-0.25, -0.2) is 0 Å². The minimum Gasteiger partial charge on any atom is -0.497 e. The standard InChI is InChI=1S/C116H100O9Si/c1-117-103-61-41-93(42-62-103)114(94-43-63-104(118-2)64-44-94,95-45-65-105(119-3)66-46-95)89-33-21-83(22-34-89)15-13-81-17-29-87(30-18-81)113(102-59-79-112(80-60-102)126(10,11)12,91-37-25-85(26-38-91)86-27-39-92(40-28-86)116(99-53-73-109(123-7)74-54-99,100-55-75-110(124-8)76-56-100)101-57-77-111(125-9)78-58-101)88-31-19-82(20-32-88)14-16-84-23-35-90(36-24-84)115(96-47-67-106(120-4)68-48-96,97-49-69-107(121-5)70-50-97)98-51-71-108(122-6)72-52-98/h17-80H,1-12H3. The summed E-state index contributed by atoms with van der Waals surface area (Å²) in [6.45, 7) is 7.21. The van der Waals surface area contributed by atoms with Gasteiger partial charge < -0.3 is 42.6 Å². The van der Waals surface area contributed by atoms with Crippen molar-refractivity contribution in [1.82, 2.24) is 0 Å². The molecule has 0 atom stereocenters. The molecular weight excluding hydrogens is 1570 g/mol. The Morgan fingerprint density at radius 3 is 0.381 bits per heavy atom. The number of ether oxygens (including phenoxy) is 9. The minimum atomic E-state index is -1.78. The fourth-order valence-corrected chi connectivity index (χ4v) is 19.3. The van der Waals surface area contributed by atoms with Crippen molar-refractivity contribution < 1.29 is 42.6 Å². The first-order chi connectivity index (χ1) is 61.5. The van der Waals surface area contributed by atoms with E-state index in [1.54, 1.807) is 64.0 Å². The Morgan fingerprint density at radius 2 is 0.262 bits per heavy atom. The van der Waals surface area contributed by atoms with Gasteiger partial charge >= 0.3 is 0 Å². The number of methoxy groups -OCH3 is 9. The van der Waals surface area contributed by atoms with E-state index in [-0.39, 0.29) is 0 Å². The maximum Gasteiger partial charge on any atom is 0.118 e. The third-order valence-electron chi connectivity index (χ3n) is 24.8. The highest BCUT2D eigenvalue weighted by atomic mass is 28.3. The van der Waals surface area contributed by atoms with Crippen molar-refractivity contribution >= 4 is 13.3 Å². The Balaban J connectivity index is 0.809. The fourth-order valence-electron chi connectivity index (χ4n) is 18.1. The molecule has 16 aromatic rings. The summed E-state index contributed by atoms with van der Waals surface area (Å²) in [5, 5.41) is 1.37. The van der Waals surface area contributed by atoms with Gasteiger partial charge in [0, 0.05) is 22.3 Å². The van der Waals surface area contributed by atoms with Crippen molar-refractivity contribution in [3.05, 3.63) is 500 Å². The summed E-state index contributed by atoms with van der Waals surface area (Å²) in [7, 11) is 13.5. The second kappa shape index (κ2) is 37.0. The SMILES string of the molecule is COc1ccc(C(c2ccc(C#Cc3ccc(C(c4ccc(C#Cc5ccc(C(c6ccc(OC)cc6)(c6ccc(OC)cc6)c6ccc(OC)cc6)cc5)cc4)(c4ccc(-c5ccc(C(c6ccc(OC)cc6)(c6ccc(OC)cc6)c6ccc(OC)cc6)cc5)cc4)c4ccc([Si](C)(C)C)cc4)cc3)cc2)(c2ccc(OC)cc2)c2ccc(OC)cc2)cc1. The van der Waals surface area contributed by atoms with Crippen LogP contribution in [0.2, 0.25) is 19.6 Å². The molecule has 126 heavy (non-hydrogen) atoms. The van der Waals surface area contributed by atoms with Crippen LogP contribution in [-0.2, 0) is 21.7 Å². The van der Waals surface area contributed by atoms with Gasteiger partial charge in [-0.05, 0) is 258 Å². The highest BCUT2D eigenvalue weighted by Crippen LogP contribution is 2.52. The third kappa shape index (κ3) is 16.4. The van der Waals surface area contributed by atoms with Crippen LogP contribution in [0.1, 0.15) is 111 Å². The number of hydrogen-bond acceptors (Lipinski definition) is 9. The molecule has 16 rings (SSSR count). The van der Waals surface area contributed by atoms with Gasteiger partial charge in [0.2, 0.25) is 0 Å². The molecule has 0 amide bonds. The number of hydrogen-bond donors (Lipinski definition) is 0. The Morgan fingerprint density at radius 1 is 0.151 bits per heavy atom. The predicted molar refractivity (Wildman–Crippen MR) is 512 cm³/mol. The average Bonchev–Trinajstić information content (AvgIpc) is 0.741. The lowest BCUT2D eigenvalue weighted by molar-refractivity contribution is 0.413. The van der Waals surface area contributed by atoms with Crippen LogP contribution in [0.15, 0.2) is 388 Å². The van der Waals surface area contributed by atoms with Crippen LogP contribution >= 0.6 is 0 Å². The molecule has 0 unspecified atom stereocenters. The zero-order valence-corrected chi connectivity index (χ0v) is 74.1. The monoisotopic (exact) mass is 1660 g/mol. The molecular formula is C116H100O9Si. The minimum absolute atomic E-state index is 0.764. The molecule has 0 saturated heterocycles. The number of benzene rings is 16. The zero-order chi connectivity index (χ0) is 87.4. The summed E-state index contributed by atoms with van der Waals surface area (Å²) in [6.07, 6.45) is 0. The molecule has 0 aromatic heterocycles. The van der Waals surface area contributed by atoms with Crippen molar-refractivity contribution in [2.75, 3.05) is 64.0 Å². The van der Waals surface area contributed by atoms with E-state index in [0.717, 1.165) is 174 Å². The van der Waals surface area contributed by atoms with Crippen LogP contribution in [0.5, 0.6) is 51.7 Å². The molecule has 0 N–H and O–H groups in total. The highest BCUT2D eigenvalue weighted by molar-refractivity contribution is 6.88. The summed E-state index contributed by atoms with van der Waals surface area (Å²) in [6, 6.07) is 138. The van der Waals surface area contributed by atoms with Crippen LogP contribution in [0.3, 0.4) is 0 Å². The summed E-state index contributed by atoms with van der Waals surface area (Å²) < 4.78 is 51.5. The third-order valence-corrected chi connectivity index (χ3v) is 26.9. The normalized spacial score (nSPS) is 11.5. The summed E-state index contributed by atoms with van der Waals surface area (Å²) in [5.74, 6) is 21.3. The predicted octanol–water partition coefficient (Wildman–Crippen LogP) is 24.3. The molecule has 0 aliphatic carbocycles. The summed E-state index contributed by atoms with van der Waals surface area (Å²) >= 11 is 0. The lowest BCUT2D eigenvalue weighted by atomic mass is 9.64. The lowest BCUT2D eigenvalue weighted by Crippen LogP contribution is -2.38.